The van der Waals surface area contributed by atoms with Gasteiger partial charge in [0.2, 0.25) is 5.91 Å². The third kappa shape index (κ3) is 2.01. The second-order valence-electron chi connectivity index (χ2n) is 4.20. The summed E-state index contributed by atoms with van der Waals surface area (Å²) in [6.07, 6.45) is 0.798. The number of likely N-dealkylation sites (tertiary alicyclic amines) is 1. The monoisotopic (exact) mass is 222 g/mol. The van der Waals surface area contributed by atoms with Crippen molar-refractivity contribution in [2.45, 2.75) is 19.4 Å². The number of anilines is 1. The molecule has 86 valence electrons. The average molecular weight is 222 g/mol. The fourth-order valence-electron chi connectivity index (χ4n) is 1.93. The molecule has 0 spiro atoms. The first-order valence-electron chi connectivity index (χ1n) is 5.35. The van der Waals surface area contributed by atoms with Crippen LogP contribution in [-0.2, 0) is 4.79 Å². The molecular weight excluding hydrogens is 207 g/mol. The van der Waals surface area contributed by atoms with Crippen molar-refractivity contribution in [1.29, 1.82) is 0 Å². The number of benzene rings is 1. The lowest BCUT2D eigenvalue weighted by atomic mass is 10.1. The van der Waals surface area contributed by atoms with Crippen LogP contribution in [0.2, 0.25) is 0 Å². The summed E-state index contributed by atoms with van der Waals surface area (Å²) in [5.41, 5.74) is 1.65. The Hall–Kier alpha value is -1.58. The quantitative estimate of drug-likeness (QED) is 0.827. The molecular formula is C12H15FN2O. The maximum Gasteiger partial charge on any atom is 0.244 e. The van der Waals surface area contributed by atoms with E-state index in [1.54, 1.807) is 18.0 Å². The van der Waals surface area contributed by atoms with Gasteiger partial charge in [-0.3, -0.25) is 4.79 Å². The molecule has 0 bridgehead atoms. The molecule has 1 aliphatic rings. The Morgan fingerprint density at radius 2 is 2.25 bits per heavy atom. The molecule has 0 radical (unpaired) electrons. The highest BCUT2D eigenvalue weighted by molar-refractivity contribution is 5.86. The molecule has 1 aromatic rings. The summed E-state index contributed by atoms with van der Waals surface area (Å²) >= 11 is 0. The zero-order valence-corrected chi connectivity index (χ0v) is 9.46. The first-order chi connectivity index (χ1) is 7.58. The van der Waals surface area contributed by atoms with Gasteiger partial charge in [0.25, 0.3) is 0 Å². The van der Waals surface area contributed by atoms with Gasteiger partial charge >= 0.3 is 0 Å². The number of hydrogen-bond donors (Lipinski definition) is 1. The highest BCUT2D eigenvalue weighted by atomic mass is 19.1. The summed E-state index contributed by atoms with van der Waals surface area (Å²) < 4.78 is 12.9. The minimum absolute atomic E-state index is 0.101. The number of carbonyl (C=O) groups excluding carboxylic acids is 1. The molecule has 1 aliphatic heterocycles. The number of nitrogens with one attached hydrogen (secondary N) is 1. The van der Waals surface area contributed by atoms with Crippen molar-refractivity contribution in [3.05, 3.63) is 29.6 Å². The van der Waals surface area contributed by atoms with Gasteiger partial charge in [-0.05, 0) is 37.1 Å². The van der Waals surface area contributed by atoms with Gasteiger partial charge in [-0.25, -0.2) is 4.39 Å². The fraction of sp³-hybridized carbons (Fsp3) is 0.417. The van der Waals surface area contributed by atoms with Crippen LogP contribution in [0.5, 0.6) is 0 Å². The van der Waals surface area contributed by atoms with Gasteiger partial charge in [0, 0.05) is 19.3 Å². The Balaban J connectivity index is 2.12. The van der Waals surface area contributed by atoms with Gasteiger partial charge in [-0.1, -0.05) is 0 Å². The molecule has 1 fully saturated rings. The maximum atomic E-state index is 12.9. The summed E-state index contributed by atoms with van der Waals surface area (Å²) in [5, 5.41) is 3.16. The van der Waals surface area contributed by atoms with Crippen LogP contribution in [0.3, 0.4) is 0 Å². The molecule has 1 heterocycles. The smallest absolute Gasteiger partial charge is 0.244 e. The van der Waals surface area contributed by atoms with Crippen LogP contribution in [0.4, 0.5) is 10.1 Å². The van der Waals surface area contributed by atoms with E-state index in [0.29, 0.717) is 0 Å². The van der Waals surface area contributed by atoms with Crippen molar-refractivity contribution >= 4 is 11.6 Å². The van der Waals surface area contributed by atoms with E-state index in [1.807, 2.05) is 6.92 Å². The number of carbonyl (C=O) groups is 1. The minimum Gasteiger partial charge on any atom is -0.373 e. The van der Waals surface area contributed by atoms with Crippen molar-refractivity contribution in [1.82, 2.24) is 4.90 Å². The Kier molecular flexibility index (Phi) is 2.81. The highest BCUT2D eigenvalue weighted by Gasteiger charge is 2.28. The van der Waals surface area contributed by atoms with Crippen molar-refractivity contribution in [2.24, 2.45) is 0 Å². The first-order valence-corrected chi connectivity index (χ1v) is 5.35. The number of rotatable bonds is 2. The standard InChI is InChI=1S/C12H15FN2O/c1-8-7-9(13)3-4-10(8)14-11-5-6-15(2)12(11)16/h3-4,7,11,14H,5-6H2,1-2H3. The van der Waals surface area contributed by atoms with Gasteiger partial charge in [0.15, 0.2) is 0 Å². The van der Waals surface area contributed by atoms with E-state index < -0.39 is 0 Å². The lowest BCUT2D eigenvalue weighted by Gasteiger charge is -2.15. The van der Waals surface area contributed by atoms with Crippen molar-refractivity contribution in [3.8, 4) is 0 Å². The molecule has 0 aliphatic carbocycles. The summed E-state index contributed by atoms with van der Waals surface area (Å²) in [5.74, 6) is -0.151. The number of aryl methyl sites for hydroxylation is 1. The molecule has 1 amide bonds. The minimum atomic E-state index is -0.252. The van der Waals surface area contributed by atoms with Crippen LogP contribution in [0.15, 0.2) is 18.2 Å². The molecule has 0 aromatic heterocycles. The van der Waals surface area contributed by atoms with Crippen LogP contribution in [0, 0.1) is 12.7 Å². The van der Waals surface area contributed by atoms with E-state index >= 15 is 0 Å². The molecule has 1 N–H and O–H groups in total. The highest BCUT2D eigenvalue weighted by Crippen LogP contribution is 2.20. The predicted octanol–water partition coefficient (Wildman–Crippen LogP) is 1.78. The van der Waals surface area contributed by atoms with Crippen LogP contribution in [-0.4, -0.2) is 30.4 Å². The summed E-state index contributed by atoms with van der Waals surface area (Å²) in [7, 11) is 1.79. The van der Waals surface area contributed by atoms with Crippen molar-refractivity contribution in [2.75, 3.05) is 18.9 Å². The molecule has 1 saturated heterocycles. The Labute approximate surface area is 94.3 Å². The first kappa shape index (κ1) is 10.9. The van der Waals surface area contributed by atoms with Crippen molar-refractivity contribution in [3.63, 3.8) is 0 Å². The second kappa shape index (κ2) is 4.12. The van der Waals surface area contributed by atoms with Crippen LogP contribution < -0.4 is 5.32 Å². The molecule has 1 atom stereocenters. The third-order valence-corrected chi connectivity index (χ3v) is 2.95. The SMILES string of the molecule is Cc1cc(F)ccc1NC1CCN(C)C1=O. The van der Waals surface area contributed by atoms with E-state index in [-0.39, 0.29) is 17.8 Å². The van der Waals surface area contributed by atoms with Gasteiger partial charge in [-0.15, -0.1) is 0 Å². The summed E-state index contributed by atoms with van der Waals surface area (Å²) in [4.78, 5) is 13.4. The zero-order chi connectivity index (χ0) is 11.7. The topological polar surface area (TPSA) is 32.3 Å². The maximum absolute atomic E-state index is 12.9. The Morgan fingerprint density at radius 1 is 1.50 bits per heavy atom. The normalized spacial score (nSPS) is 20.3. The lowest BCUT2D eigenvalue weighted by molar-refractivity contribution is -0.127. The zero-order valence-electron chi connectivity index (χ0n) is 9.46. The van der Waals surface area contributed by atoms with Gasteiger partial charge in [0.05, 0.1) is 0 Å². The van der Waals surface area contributed by atoms with Gasteiger partial charge < -0.3 is 10.2 Å². The van der Waals surface area contributed by atoms with E-state index in [2.05, 4.69) is 5.32 Å². The molecule has 4 heteroatoms. The Morgan fingerprint density at radius 3 is 2.81 bits per heavy atom. The molecule has 1 unspecified atom stereocenters. The average Bonchev–Trinajstić information content (AvgIpc) is 2.54. The van der Waals surface area contributed by atoms with E-state index in [1.165, 1.54) is 12.1 Å². The Bertz CT molecular complexity index is 419. The predicted molar refractivity (Wildman–Crippen MR) is 60.8 cm³/mol. The van der Waals surface area contributed by atoms with Gasteiger partial charge in [0.1, 0.15) is 11.9 Å². The number of amides is 1. The molecule has 0 saturated carbocycles. The number of hydrogen-bond acceptors (Lipinski definition) is 2. The van der Waals surface area contributed by atoms with Crippen LogP contribution >= 0.6 is 0 Å². The largest absolute Gasteiger partial charge is 0.373 e. The molecule has 1 aromatic carbocycles. The number of nitrogens with zero attached hydrogens (tertiary/aromatic N) is 1. The molecule has 16 heavy (non-hydrogen) atoms. The molecule has 3 nitrogen and oxygen atoms in total. The van der Waals surface area contributed by atoms with Crippen molar-refractivity contribution < 1.29 is 9.18 Å². The van der Waals surface area contributed by atoms with E-state index in [0.717, 1.165) is 24.2 Å². The lowest BCUT2D eigenvalue weighted by Crippen LogP contribution is -2.31. The fourth-order valence-corrected chi connectivity index (χ4v) is 1.93. The molecule has 2 rings (SSSR count). The van der Waals surface area contributed by atoms with E-state index in [4.69, 9.17) is 0 Å². The van der Waals surface area contributed by atoms with E-state index in [9.17, 15) is 9.18 Å². The van der Waals surface area contributed by atoms with Crippen LogP contribution in [0.25, 0.3) is 0 Å². The summed E-state index contributed by atoms with van der Waals surface area (Å²) in [6, 6.07) is 4.37. The summed E-state index contributed by atoms with van der Waals surface area (Å²) in [6.45, 7) is 2.60. The van der Waals surface area contributed by atoms with Gasteiger partial charge in [-0.2, -0.15) is 0 Å². The second-order valence-corrected chi connectivity index (χ2v) is 4.20. The third-order valence-electron chi connectivity index (χ3n) is 2.95. The number of halogens is 1. The van der Waals surface area contributed by atoms with Crippen LogP contribution in [0.1, 0.15) is 12.0 Å². The number of likely N-dealkylation sites (N-methyl/N-ethyl adjacent to an activating group) is 1.